The Balaban J connectivity index is 2.60. The van der Waals surface area contributed by atoms with Crippen molar-refractivity contribution in [2.24, 2.45) is 0 Å². The maximum atomic E-state index is 11.5. The van der Waals surface area contributed by atoms with Gasteiger partial charge in [0.1, 0.15) is 0 Å². The molecule has 0 spiro atoms. The zero-order valence-electron chi connectivity index (χ0n) is 12.5. The average molecular weight is 318 g/mol. The van der Waals surface area contributed by atoms with Gasteiger partial charge in [-0.25, -0.2) is 13.1 Å². The molecule has 0 unspecified atom stereocenters. The molecule has 0 aliphatic rings. The first-order valence-corrected chi connectivity index (χ1v) is 8.20. The zero-order valence-corrected chi connectivity index (χ0v) is 13.3. The van der Waals surface area contributed by atoms with Gasteiger partial charge in [-0.1, -0.05) is 6.92 Å². The van der Waals surface area contributed by atoms with E-state index in [9.17, 15) is 13.5 Å². The Bertz CT molecular complexity index is 535. The van der Waals surface area contributed by atoms with E-state index < -0.39 is 10.0 Å². The summed E-state index contributed by atoms with van der Waals surface area (Å²) >= 11 is 0. The van der Waals surface area contributed by atoms with Crippen LogP contribution < -0.4 is 19.5 Å². The number of nitrogens with one attached hydrogen (secondary N) is 2. The normalized spacial score (nSPS) is 11.4. The average Bonchev–Trinajstić information content (AvgIpc) is 2.44. The molecular weight excluding hydrogens is 296 g/mol. The summed E-state index contributed by atoms with van der Waals surface area (Å²) in [5.74, 6) is 0.573. The Labute approximate surface area is 125 Å². The number of methoxy groups -OCH3 is 2. The van der Waals surface area contributed by atoms with Crippen LogP contribution in [0.4, 0.5) is 0 Å². The van der Waals surface area contributed by atoms with E-state index >= 15 is 0 Å². The van der Waals surface area contributed by atoms with Crippen LogP contribution in [0.1, 0.15) is 12.5 Å². The Morgan fingerprint density at radius 2 is 1.76 bits per heavy atom. The van der Waals surface area contributed by atoms with Gasteiger partial charge in [-0.05, 0) is 17.7 Å². The monoisotopic (exact) mass is 318 g/mol. The van der Waals surface area contributed by atoms with Crippen LogP contribution in [-0.2, 0) is 16.6 Å². The van der Waals surface area contributed by atoms with Crippen LogP contribution in [0.15, 0.2) is 12.1 Å². The van der Waals surface area contributed by atoms with Gasteiger partial charge < -0.3 is 19.9 Å². The predicted octanol–water partition coefficient (Wildman–Crippen LogP) is 0.438. The van der Waals surface area contributed by atoms with Crippen molar-refractivity contribution in [1.29, 1.82) is 0 Å². The maximum Gasteiger partial charge on any atom is 0.212 e. The summed E-state index contributed by atoms with van der Waals surface area (Å²) in [5.41, 5.74) is 0.822. The lowest BCUT2D eigenvalue weighted by Gasteiger charge is -2.12. The van der Waals surface area contributed by atoms with Crippen molar-refractivity contribution in [3.63, 3.8) is 0 Å². The quantitative estimate of drug-likeness (QED) is 0.572. The van der Waals surface area contributed by atoms with Gasteiger partial charge in [0, 0.05) is 19.6 Å². The summed E-state index contributed by atoms with van der Waals surface area (Å²) in [4.78, 5) is 0. The smallest absolute Gasteiger partial charge is 0.212 e. The third-order valence-electron chi connectivity index (χ3n) is 2.78. The van der Waals surface area contributed by atoms with Crippen molar-refractivity contribution < 1.29 is 23.0 Å². The van der Waals surface area contributed by atoms with E-state index in [0.29, 0.717) is 31.1 Å². The first-order chi connectivity index (χ1) is 9.93. The molecule has 0 heterocycles. The SMILES string of the molecule is CCNS(=O)(=O)CCNCc1cc(OC)c(O)c(OC)c1. The number of phenolic OH excluding ortho intramolecular Hbond substituents is 1. The molecule has 21 heavy (non-hydrogen) atoms. The third-order valence-corrected chi connectivity index (χ3v) is 4.25. The fourth-order valence-corrected chi connectivity index (χ4v) is 2.78. The van der Waals surface area contributed by atoms with Gasteiger partial charge in [-0.3, -0.25) is 0 Å². The fraction of sp³-hybridized carbons (Fsp3) is 0.538. The molecule has 1 aromatic rings. The van der Waals surface area contributed by atoms with Crippen molar-refractivity contribution in [2.75, 3.05) is 33.1 Å². The number of phenols is 1. The highest BCUT2D eigenvalue weighted by atomic mass is 32.2. The van der Waals surface area contributed by atoms with Crippen LogP contribution in [0.2, 0.25) is 0 Å². The van der Waals surface area contributed by atoms with Crippen LogP contribution in [0.3, 0.4) is 0 Å². The first kappa shape index (κ1) is 17.5. The Morgan fingerprint density at radius 3 is 2.24 bits per heavy atom. The summed E-state index contributed by atoms with van der Waals surface area (Å²) < 4.78 is 35.5. The molecule has 1 aromatic carbocycles. The third kappa shape index (κ3) is 5.41. The van der Waals surface area contributed by atoms with Crippen molar-refractivity contribution >= 4 is 10.0 Å². The van der Waals surface area contributed by atoms with Crippen LogP contribution in [-0.4, -0.2) is 46.6 Å². The molecule has 7 nitrogen and oxygen atoms in total. The van der Waals surface area contributed by atoms with Crippen LogP contribution in [0.5, 0.6) is 17.2 Å². The molecule has 0 saturated heterocycles. The second kappa shape index (κ2) is 8.06. The van der Waals surface area contributed by atoms with E-state index in [1.165, 1.54) is 14.2 Å². The largest absolute Gasteiger partial charge is 0.502 e. The Morgan fingerprint density at radius 1 is 1.19 bits per heavy atom. The predicted molar refractivity (Wildman–Crippen MR) is 80.4 cm³/mol. The van der Waals surface area contributed by atoms with E-state index in [0.717, 1.165) is 5.56 Å². The molecule has 0 aliphatic heterocycles. The second-order valence-electron chi connectivity index (χ2n) is 4.34. The van der Waals surface area contributed by atoms with Gasteiger partial charge in [0.2, 0.25) is 15.8 Å². The van der Waals surface area contributed by atoms with E-state index in [1.807, 2.05) is 0 Å². The van der Waals surface area contributed by atoms with Gasteiger partial charge in [0.25, 0.3) is 0 Å². The molecule has 0 amide bonds. The lowest BCUT2D eigenvalue weighted by molar-refractivity contribution is 0.339. The van der Waals surface area contributed by atoms with E-state index in [1.54, 1.807) is 19.1 Å². The lowest BCUT2D eigenvalue weighted by atomic mass is 10.2. The van der Waals surface area contributed by atoms with E-state index in [-0.39, 0.29) is 11.5 Å². The fourth-order valence-electron chi connectivity index (χ4n) is 1.78. The minimum absolute atomic E-state index is 0.00714. The standard InChI is InChI=1S/C13H22N2O5S/c1-4-15-21(17,18)6-5-14-9-10-7-11(19-2)13(16)12(8-10)20-3/h7-8,14-16H,4-6,9H2,1-3H3. The summed E-state index contributed by atoms with van der Waals surface area (Å²) in [7, 11) is -0.314. The molecule has 0 bridgehead atoms. The molecule has 120 valence electrons. The Hall–Kier alpha value is -1.51. The number of benzene rings is 1. The minimum Gasteiger partial charge on any atom is -0.502 e. The second-order valence-corrected chi connectivity index (χ2v) is 6.27. The number of rotatable bonds is 9. The first-order valence-electron chi connectivity index (χ1n) is 6.55. The van der Waals surface area contributed by atoms with Crippen molar-refractivity contribution in [3.8, 4) is 17.2 Å². The highest BCUT2D eigenvalue weighted by Gasteiger charge is 2.11. The maximum absolute atomic E-state index is 11.5. The zero-order chi connectivity index (χ0) is 15.9. The van der Waals surface area contributed by atoms with Gasteiger partial charge in [-0.2, -0.15) is 0 Å². The molecule has 0 fully saturated rings. The molecule has 3 N–H and O–H groups in total. The number of hydrogen-bond donors (Lipinski definition) is 3. The van der Waals surface area contributed by atoms with Gasteiger partial charge in [0.15, 0.2) is 11.5 Å². The molecule has 0 aromatic heterocycles. The topological polar surface area (TPSA) is 96.9 Å². The van der Waals surface area contributed by atoms with Crippen LogP contribution >= 0.6 is 0 Å². The van der Waals surface area contributed by atoms with Gasteiger partial charge in [0.05, 0.1) is 20.0 Å². The molecule has 0 atom stereocenters. The number of hydrogen-bond acceptors (Lipinski definition) is 6. The Kier molecular flexibility index (Phi) is 6.73. The molecule has 1 rings (SSSR count). The molecule has 0 saturated carbocycles. The van der Waals surface area contributed by atoms with Crippen molar-refractivity contribution in [1.82, 2.24) is 10.0 Å². The van der Waals surface area contributed by atoms with Crippen molar-refractivity contribution in [3.05, 3.63) is 17.7 Å². The lowest BCUT2D eigenvalue weighted by Crippen LogP contribution is -2.31. The summed E-state index contributed by atoms with van der Waals surface area (Å²) in [6.45, 7) is 2.88. The highest BCUT2D eigenvalue weighted by molar-refractivity contribution is 7.89. The van der Waals surface area contributed by atoms with Crippen LogP contribution in [0, 0.1) is 0 Å². The van der Waals surface area contributed by atoms with E-state index in [2.05, 4.69) is 10.0 Å². The highest BCUT2D eigenvalue weighted by Crippen LogP contribution is 2.36. The van der Waals surface area contributed by atoms with Crippen LogP contribution in [0.25, 0.3) is 0 Å². The molecule has 0 radical (unpaired) electrons. The molecular formula is C13H22N2O5S. The number of ether oxygens (including phenoxy) is 2. The van der Waals surface area contributed by atoms with Gasteiger partial charge >= 0.3 is 0 Å². The minimum atomic E-state index is -3.22. The molecule has 8 heteroatoms. The summed E-state index contributed by atoms with van der Waals surface area (Å²) in [6.07, 6.45) is 0. The van der Waals surface area contributed by atoms with E-state index in [4.69, 9.17) is 9.47 Å². The summed E-state index contributed by atoms with van der Waals surface area (Å²) in [5, 5.41) is 12.8. The van der Waals surface area contributed by atoms with Gasteiger partial charge in [-0.15, -0.1) is 0 Å². The number of aromatic hydroxyl groups is 1. The number of sulfonamides is 1. The summed E-state index contributed by atoms with van der Waals surface area (Å²) in [6, 6.07) is 3.34. The van der Waals surface area contributed by atoms with Crippen molar-refractivity contribution in [2.45, 2.75) is 13.5 Å². The molecule has 0 aliphatic carbocycles.